The highest BCUT2D eigenvalue weighted by atomic mass is 28.4. The van der Waals surface area contributed by atoms with Crippen molar-refractivity contribution in [2.45, 2.75) is 56.8 Å². The molecule has 1 saturated heterocycles. The van der Waals surface area contributed by atoms with Crippen molar-refractivity contribution >= 4 is 81.9 Å². The molecular weight excluding hydrogens is 845 g/mol. The van der Waals surface area contributed by atoms with Crippen LogP contribution in [-0.4, -0.2) is 66.0 Å². The van der Waals surface area contributed by atoms with Crippen molar-refractivity contribution < 1.29 is 33.8 Å². The van der Waals surface area contributed by atoms with Crippen LogP contribution in [-0.2, 0) is 33.0 Å². The third-order valence-corrected chi connectivity index (χ3v) is 16.7. The van der Waals surface area contributed by atoms with Crippen molar-refractivity contribution in [2.24, 2.45) is 5.92 Å². The molecule has 7 aromatic rings. The van der Waals surface area contributed by atoms with Crippen LogP contribution in [0.4, 0.5) is 28.4 Å². The van der Waals surface area contributed by atoms with Gasteiger partial charge in [0.15, 0.2) is 13.9 Å². The number of fused-ring (bicyclic) bond motifs is 2. The van der Waals surface area contributed by atoms with E-state index in [1.165, 1.54) is 0 Å². The number of anilines is 5. The Hall–Kier alpha value is -6.96. The maximum absolute atomic E-state index is 15.6. The Morgan fingerprint density at radius 3 is 1.86 bits per heavy atom. The molecule has 11 rings (SSSR count). The van der Waals surface area contributed by atoms with Crippen LogP contribution in [0.2, 0.25) is 18.6 Å². The van der Waals surface area contributed by atoms with E-state index in [0.29, 0.717) is 33.8 Å². The molecule has 0 radical (unpaired) electrons. The van der Waals surface area contributed by atoms with E-state index in [1.807, 2.05) is 166 Å². The number of benzene rings is 7. The Morgan fingerprint density at radius 2 is 1.27 bits per heavy atom. The third kappa shape index (κ3) is 6.34. The van der Waals surface area contributed by atoms with Crippen LogP contribution in [0.3, 0.4) is 0 Å². The highest BCUT2D eigenvalue weighted by Gasteiger charge is 2.66. The summed E-state index contributed by atoms with van der Waals surface area (Å²) in [6.07, 6.45) is -0.951. The number of amides is 4. The summed E-state index contributed by atoms with van der Waals surface area (Å²) in [5.74, 6) is -1.45. The molecule has 1 spiro atoms. The maximum Gasteiger partial charge on any atom is 0.264 e. The summed E-state index contributed by atoms with van der Waals surface area (Å²) in [6, 6.07) is 46.0. The molecule has 7 aromatic carbocycles. The van der Waals surface area contributed by atoms with Crippen LogP contribution in [0.1, 0.15) is 50.8 Å². The molecular formula is C54H48N4O7Si. The lowest BCUT2D eigenvalue weighted by Gasteiger charge is -2.33. The predicted molar refractivity (Wildman–Crippen MR) is 258 cm³/mol. The molecule has 4 aliphatic rings. The van der Waals surface area contributed by atoms with Gasteiger partial charge in [-0.2, -0.15) is 0 Å². The van der Waals surface area contributed by atoms with Gasteiger partial charge in [-0.15, -0.1) is 0 Å². The zero-order valence-corrected chi connectivity index (χ0v) is 37.8. The molecule has 0 aliphatic carbocycles. The average molecular weight is 893 g/mol. The van der Waals surface area contributed by atoms with E-state index in [-0.39, 0.29) is 56.3 Å². The number of ether oxygens (including phenoxy) is 1. The van der Waals surface area contributed by atoms with Crippen LogP contribution in [0.15, 0.2) is 146 Å². The van der Waals surface area contributed by atoms with Crippen LogP contribution in [0, 0.1) is 5.92 Å². The minimum Gasteiger partial charge on any atom is -0.432 e. The summed E-state index contributed by atoms with van der Waals surface area (Å²) in [5, 5.41) is 13.8. The van der Waals surface area contributed by atoms with Gasteiger partial charge in [0.05, 0.1) is 53.9 Å². The van der Waals surface area contributed by atoms with Crippen LogP contribution < -0.4 is 14.7 Å². The predicted octanol–water partition coefficient (Wildman–Crippen LogP) is 9.33. The standard InChI is InChI=1S/C54H48N4O7Si/c1-33-50(66(2,3)64)46(30-47(60)55(27-28-59)31-34-11-5-4-6-12-34)65-54(33)42-29-39(58-45-20-10-16-37-14-8-18-41(49(37)45)52(58)62)25-26-43(42)56(53(54)63)32-35-21-23-38(24-22-35)57-44-19-9-15-36-13-7-17-40(48(36)44)51(57)61/h4-26,29,33,46,50,59,64H,27-28,30-32H2,1-3H3/t33-,46+,50-,54+/m0/s1. The first-order valence-corrected chi connectivity index (χ1v) is 25.5. The molecule has 0 unspecified atom stereocenters. The first kappa shape index (κ1) is 41.7. The SMILES string of the molecule is C[C@H]1[C@H]([Si](C)(C)O)[C@@H](CC(=O)N(CCO)Cc2ccccc2)O[C@]12C(=O)N(Cc1ccc(N3C(=O)c4cccc5cccc3c45)cc1)c1ccc(N3C(=O)c4cccc5cccc3c45)cc12. The van der Waals surface area contributed by atoms with E-state index in [1.54, 1.807) is 19.6 Å². The molecule has 0 bridgehead atoms. The average Bonchev–Trinajstić information content (AvgIpc) is 3.96. The Kier molecular flexibility index (Phi) is 9.86. The molecule has 4 heterocycles. The summed E-state index contributed by atoms with van der Waals surface area (Å²) >= 11 is 0. The Balaban J connectivity index is 0.978. The number of carbonyl (C=O) groups excluding carboxylic acids is 4. The van der Waals surface area contributed by atoms with Crippen LogP contribution in [0.5, 0.6) is 0 Å². The molecule has 2 N–H and O–H groups in total. The van der Waals surface area contributed by atoms with Crippen molar-refractivity contribution in [3.8, 4) is 0 Å². The van der Waals surface area contributed by atoms with E-state index in [2.05, 4.69) is 0 Å². The molecule has 4 aliphatic heterocycles. The molecule has 0 saturated carbocycles. The minimum absolute atomic E-state index is 0.100. The second-order valence-corrected chi connectivity index (χ2v) is 22.5. The van der Waals surface area contributed by atoms with E-state index in [4.69, 9.17) is 4.74 Å². The summed E-state index contributed by atoms with van der Waals surface area (Å²) in [7, 11) is -3.19. The first-order valence-electron chi connectivity index (χ1n) is 22.5. The fourth-order valence-electron chi connectivity index (χ4n) is 11.4. The number of hydrogen-bond acceptors (Lipinski definition) is 7. The number of rotatable bonds is 11. The van der Waals surface area contributed by atoms with Gasteiger partial charge in [0.1, 0.15) is 0 Å². The zero-order chi connectivity index (χ0) is 45.6. The van der Waals surface area contributed by atoms with Gasteiger partial charge in [-0.3, -0.25) is 29.0 Å². The van der Waals surface area contributed by atoms with Gasteiger partial charge in [0.25, 0.3) is 17.7 Å². The molecule has 330 valence electrons. The summed E-state index contributed by atoms with van der Waals surface area (Å²) < 4.78 is 7.16. The molecule has 4 amide bonds. The first-order chi connectivity index (χ1) is 31.9. The fourth-order valence-corrected chi connectivity index (χ4v) is 13.9. The lowest BCUT2D eigenvalue weighted by molar-refractivity contribution is -0.150. The third-order valence-electron chi connectivity index (χ3n) is 14.2. The number of carbonyl (C=O) groups is 4. The molecule has 1 fully saturated rings. The van der Waals surface area contributed by atoms with Gasteiger partial charge in [-0.1, -0.05) is 97.9 Å². The lowest BCUT2D eigenvalue weighted by atomic mass is 9.82. The van der Waals surface area contributed by atoms with Gasteiger partial charge in [0, 0.05) is 52.3 Å². The maximum atomic E-state index is 15.6. The van der Waals surface area contributed by atoms with Gasteiger partial charge < -0.3 is 24.4 Å². The van der Waals surface area contributed by atoms with Crippen molar-refractivity contribution in [2.75, 3.05) is 27.9 Å². The molecule has 12 heteroatoms. The van der Waals surface area contributed by atoms with Crippen molar-refractivity contribution in [1.29, 1.82) is 0 Å². The van der Waals surface area contributed by atoms with Gasteiger partial charge in [0.2, 0.25) is 5.91 Å². The molecule has 0 aromatic heterocycles. The van der Waals surface area contributed by atoms with E-state index in [0.717, 1.165) is 44.0 Å². The number of aliphatic hydroxyl groups is 1. The Labute approximate surface area is 383 Å². The largest absolute Gasteiger partial charge is 0.432 e. The van der Waals surface area contributed by atoms with Crippen molar-refractivity contribution in [1.82, 2.24) is 4.90 Å². The molecule has 11 nitrogen and oxygen atoms in total. The quantitative estimate of drug-likeness (QED) is 0.124. The topological polar surface area (TPSA) is 131 Å². The second kappa shape index (κ2) is 15.6. The smallest absolute Gasteiger partial charge is 0.264 e. The highest BCUT2D eigenvalue weighted by molar-refractivity contribution is 6.71. The fraction of sp³-hybridized carbons (Fsp3) is 0.222. The number of aliphatic hydroxyl groups excluding tert-OH is 1. The van der Waals surface area contributed by atoms with Crippen molar-refractivity contribution in [3.05, 3.63) is 173 Å². The molecule has 66 heavy (non-hydrogen) atoms. The van der Waals surface area contributed by atoms with E-state index in [9.17, 15) is 24.3 Å². The van der Waals surface area contributed by atoms with Gasteiger partial charge in [-0.25, -0.2) is 0 Å². The monoisotopic (exact) mass is 892 g/mol. The second-order valence-electron chi connectivity index (χ2n) is 18.5. The number of hydrogen-bond donors (Lipinski definition) is 2. The Bertz CT molecular complexity index is 3140. The molecule has 4 atom stereocenters. The lowest BCUT2D eigenvalue weighted by Crippen LogP contribution is -2.46. The van der Waals surface area contributed by atoms with E-state index < -0.39 is 31.5 Å². The zero-order valence-electron chi connectivity index (χ0n) is 36.8. The highest BCUT2D eigenvalue weighted by Crippen LogP contribution is 2.61. The van der Waals surface area contributed by atoms with Gasteiger partial charge >= 0.3 is 0 Å². The van der Waals surface area contributed by atoms with E-state index >= 15 is 4.79 Å². The van der Waals surface area contributed by atoms with Crippen LogP contribution in [0.25, 0.3) is 21.5 Å². The summed E-state index contributed by atoms with van der Waals surface area (Å²) in [4.78, 5) is 76.9. The van der Waals surface area contributed by atoms with Crippen molar-refractivity contribution in [3.63, 3.8) is 0 Å². The summed E-state index contributed by atoms with van der Waals surface area (Å²) in [6.45, 7) is 5.90. The normalized spacial score (nSPS) is 20.7. The number of nitrogens with zero attached hydrogens (tertiary/aromatic N) is 4. The van der Waals surface area contributed by atoms with Crippen LogP contribution >= 0.6 is 0 Å². The minimum atomic E-state index is -3.19. The Morgan fingerprint density at radius 1 is 0.697 bits per heavy atom. The van der Waals surface area contributed by atoms with Gasteiger partial charge in [-0.05, 0) is 89.6 Å². The summed E-state index contributed by atoms with van der Waals surface area (Å²) in [5.41, 5.74) is 4.80.